The zero-order valence-corrected chi connectivity index (χ0v) is 39.2. The molecule has 10 heteroatoms. The molecule has 2 atom stereocenters. The van der Waals surface area contributed by atoms with Crippen molar-refractivity contribution in [2.24, 2.45) is 0 Å². The molecule has 0 saturated heterocycles. The van der Waals surface area contributed by atoms with E-state index in [1.807, 2.05) is 21.1 Å². The summed E-state index contributed by atoms with van der Waals surface area (Å²) in [4.78, 5) is 35.4. The molecule has 2 unspecified atom stereocenters. The fraction of sp³-hybridized carbons (Fsp3) is 0.833. The lowest BCUT2D eigenvalue weighted by atomic mass is 10.0. The number of hydrogen-bond acceptors (Lipinski definition) is 7. The number of phosphoric ester groups is 1. The van der Waals surface area contributed by atoms with Gasteiger partial charge in [-0.3, -0.25) is 18.6 Å². The number of unbranched alkanes of at least 4 members (excludes halogenated alkanes) is 23. The second kappa shape index (κ2) is 40.6. The highest BCUT2D eigenvalue weighted by molar-refractivity contribution is 7.47. The third-order valence-electron chi connectivity index (χ3n) is 10.1. The number of likely N-dealkylation sites (N-methyl/N-ethyl adjacent to an activating group) is 1. The summed E-state index contributed by atoms with van der Waals surface area (Å²) >= 11 is 0. The minimum Gasteiger partial charge on any atom is -0.462 e. The number of carbonyl (C=O) groups excluding carboxylic acids is 2. The van der Waals surface area contributed by atoms with Gasteiger partial charge >= 0.3 is 19.8 Å². The Hall–Kier alpha value is -1.77. The van der Waals surface area contributed by atoms with Crippen molar-refractivity contribution in [1.29, 1.82) is 0 Å². The molecule has 340 valence electrons. The van der Waals surface area contributed by atoms with Gasteiger partial charge in [-0.25, -0.2) is 4.57 Å². The Balaban J connectivity index is 4.22. The smallest absolute Gasteiger partial charge is 0.462 e. The Labute approximate surface area is 357 Å². The van der Waals surface area contributed by atoms with Crippen molar-refractivity contribution in [2.75, 3.05) is 47.5 Å². The number of esters is 2. The van der Waals surface area contributed by atoms with Gasteiger partial charge in [0.2, 0.25) is 0 Å². The van der Waals surface area contributed by atoms with E-state index in [-0.39, 0.29) is 32.0 Å². The van der Waals surface area contributed by atoms with Crippen molar-refractivity contribution in [3.63, 3.8) is 0 Å². The highest BCUT2D eigenvalue weighted by atomic mass is 31.2. The molecule has 58 heavy (non-hydrogen) atoms. The van der Waals surface area contributed by atoms with Gasteiger partial charge in [-0.1, -0.05) is 166 Å². The van der Waals surface area contributed by atoms with E-state index < -0.39 is 26.5 Å². The summed E-state index contributed by atoms with van der Waals surface area (Å²) in [5.41, 5.74) is 0. The lowest BCUT2D eigenvalue weighted by Gasteiger charge is -2.24. The fourth-order valence-electron chi connectivity index (χ4n) is 6.38. The average Bonchev–Trinajstić information content (AvgIpc) is 3.17. The predicted molar refractivity (Wildman–Crippen MR) is 243 cm³/mol. The molecule has 0 bridgehead atoms. The minimum atomic E-state index is -4.38. The molecule has 1 N–H and O–H groups in total. The molecule has 0 heterocycles. The Bertz CT molecular complexity index is 1090. The van der Waals surface area contributed by atoms with Crippen LogP contribution in [-0.2, 0) is 32.7 Å². The maximum Gasteiger partial charge on any atom is 0.472 e. The monoisotopic (exact) mass is 841 g/mol. The molecule has 0 fully saturated rings. The van der Waals surface area contributed by atoms with E-state index in [2.05, 4.69) is 50.3 Å². The van der Waals surface area contributed by atoms with E-state index in [1.165, 1.54) is 103 Å². The normalized spacial score (nSPS) is 13.8. The predicted octanol–water partition coefficient (Wildman–Crippen LogP) is 13.7. The third kappa shape index (κ3) is 43.8. The molecule has 0 aromatic carbocycles. The Morgan fingerprint density at radius 3 is 1.43 bits per heavy atom. The molecule has 0 rings (SSSR count). The van der Waals surface area contributed by atoms with Crippen LogP contribution < -0.4 is 0 Å². The number of allylic oxidation sites excluding steroid dienone is 6. The van der Waals surface area contributed by atoms with Crippen LogP contribution in [0.1, 0.15) is 206 Å². The lowest BCUT2D eigenvalue weighted by molar-refractivity contribution is -0.870. The molecule has 0 aliphatic carbocycles. The van der Waals surface area contributed by atoms with Crippen LogP contribution in [-0.4, -0.2) is 74.9 Å². The summed E-state index contributed by atoms with van der Waals surface area (Å²) in [5.74, 6) is -0.809. The van der Waals surface area contributed by atoms with Gasteiger partial charge in [-0.05, 0) is 64.2 Å². The molecule has 0 spiro atoms. The van der Waals surface area contributed by atoms with Gasteiger partial charge in [0.05, 0.1) is 27.7 Å². The van der Waals surface area contributed by atoms with Crippen LogP contribution in [0.3, 0.4) is 0 Å². The topological polar surface area (TPSA) is 108 Å². The van der Waals surface area contributed by atoms with Crippen molar-refractivity contribution >= 4 is 19.8 Å². The average molecular weight is 841 g/mol. The van der Waals surface area contributed by atoms with Crippen molar-refractivity contribution < 1.29 is 42.1 Å². The van der Waals surface area contributed by atoms with E-state index in [9.17, 15) is 19.0 Å². The number of phosphoric acid groups is 1. The Morgan fingerprint density at radius 2 is 0.948 bits per heavy atom. The maximum atomic E-state index is 12.7. The van der Waals surface area contributed by atoms with Crippen molar-refractivity contribution in [1.82, 2.24) is 0 Å². The van der Waals surface area contributed by atoms with E-state index in [4.69, 9.17) is 18.5 Å². The van der Waals surface area contributed by atoms with Crippen molar-refractivity contribution in [3.8, 4) is 0 Å². The minimum absolute atomic E-state index is 0.0301. The van der Waals surface area contributed by atoms with E-state index >= 15 is 0 Å². The van der Waals surface area contributed by atoms with Crippen molar-refractivity contribution in [3.05, 3.63) is 36.5 Å². The molecular weight excluding hydrogens is 750 g/mol. The second-order valence-electron chi connectivity index (χ2n) is 17.1. The molecular formula is C48H91NO8P+. The van der Waals surface area contributed by atoms with Crippen LogP contribution in [0.4, 0.5) is 0 Å². The summed E-state index contributed by atoms with van der Waals surface area (Å²) in [7, 11) is 1.47. The third-order valence-corrected chi connectivity index (χ3v) is 11.1. The van der Waals surface area contributed by atoms with E-state index in [1.54, 1.807) is 0 Å². The zero-order chi connectivity index (χ0) is 42.8. The summed E-state index contributed by atoms with van der Waals surface area (Å²) in [6, 6.07) is 0. The highest BCUT2D eigenvalue weighted by Crippen LogP contribution is 2.43. The van der Waals surface area contributed by atoms with Crippen LogP contribution >= 0.6 is 7.82 Å². The van der Waals surface area contributed by atoms with Crippen LogP contribution in [0.2, 0.25) is 0 Å². The zero-order valence-electron chi connectivity index (χ0n) is 38.3. The van der Waals surface area contributed by atoms with Crippen LogP contribution in [0.5, 0.6) is 0 Å². The largest absolute Gasteiger partial charge is 0.472 e. The SMILES string of the molecule is CCCC/C=C\CCCCCCCC(=O)OCC(COP(=O)(O)OCC[N+](C)(C)C)OC(=O)CCCCCCCCCCCCC/C=C\C/C=C\CCCCCCC. The molecule has 0 aromatic heterocycles. The molecule has 0 aromatic rings. The number of nitrogens with zero attached hydrogens (tertiary/aromatic N) is 1. The van der Waals surface area contributed by atoms with Gasteiger partial charge in [0.1, 0.15) is 19.8 Å². The molecule has 9 nitrogen and oxygen atoms in total. The highest BCUT2D eigenvalue weighted by Gasteiger charge is 2.27. The van der Waals surface area contributed by atoms with Gasteiger partial charge in [-0.15, -0.1) is 0 Å². The van der Waals surface area contributed by atoms with Crippen LogP contribution in [0.15, 0.2) is 36.5 Å². The van der Waals surface area contributed by atoms with Crippen molar-refractivity contribution in [2.45, 2.75) is 213 Å². The number of rotatable bonds is 43. The Kier molecular flexibility index (Phi) is 39.4. The summed E-state index contributed by atoms with van der Waals surface area (Å²) in [6.07, 6.45) is 46.3. The summed E-state index contributed by atoms with van der Waals surface area (Å²) in [6.45, 7) is 4.37. The first-order chi connectivity index (χ1) is 28.0. The second-order valence-corrected chi connectivity index (χ2v) is 18.6. The van der Waals surface area contributed by atoms with E-state index in [0.717, 1.165) is 70.6 Å². The molecule has 0 saturated carbocycles. The first kappa shape index (κ1) is 56.2. The van der Waals surface area contributed by atoms with Crippen LogP contribution in [0.25, 0.3) is 0 Å². The van der Waals surface area contributed by atoms with Crippen LogP contribution in [0, 0.1) is 0 Å². The molecule has 0 aliphatic heterocycles. The van der Waals surface area contributed by atoms with Gasteiger partial charge in [0, 0.05) is 12.8 Å². The summed E-state index contributed by atoms with van der Waals surface area (Å²) in [5, 5.41) is 0. The number of carbonyl (C=O) groups is 2. The fourth-order valence-corrected chi connectivity index (χ4v) is 7.12. The molecule has 0 amide bonds. The molecule has 0 aliphatic rings. The number of hydrogen-bond donors (Lipinski definition) is 1. The summed E-state index contributed by atoms with van der Waals surface area (Å²) < 4.78 is 34.3. The van der Waals surface area contributed by atoms with Gasteiger partial charge in [-0.2, -0.15) is 0 Å². The number of ether oxygens (including phenoxy) is 2. The maximum absolute atomic E-state index is 12.7. The van der Waals surface area contributed by atoms with Gasteiger partial charge in [0.15, 0.2) is 6.10 Å². The quantitative estimate of drug-likeness (QED) is 0.0213. The number of quaternary nitrogens is 1. The van der Waals surface area contributed by atoms with Gasteiger partial charge < -0.3 is 18.9 Å². The molecule has 0 radical (unpaired) electrons. The standard InChI is InChI=1S/C48H90NO8P/c1-6-8-10-12-14-16-18-19-20-21-22-23-24-25-26-27-28-29-31-33-35-37-39-41-48(51)57-46(45-56-58(52,53)55-43-42-49(3,4)5)44-54-47(50)40-38-36-34-32-30-17-15-13-11-9-7-2/h13,15,18-19,21-22,46H,6-12,14,16-17,20,23-45H2,1-5H3/p+1/b15-13-,19-18-,22-21-. The first-order valence-corrected chi connectivity index (χ1v) is 25.2. The Morgan fingerprint density at radius 1 is 0.534 bits per heavy atom. The van der Waals surface area contributed by atoms with E-state index in [0.29, 0.717) is 17.4 Å². The van der Waals surface area contributed by atoms with Gasteiger partial charge in [0.25, 0.3) is 0 Å². The first-order valence-electron chi connectivity index (χ1n) is 23.7. The lowest BCUT2D eigenvalue weighted by Crippen LogP contribution is -2.37.